The number of nitrogens with one attached hydrogen (secondary N) is 3. The maximum atomic E-state index is 9.38. The predicted octanol–water partition coefficient (Wildman–Crippen LogP) is -1.15. The first-order valence-electron chi connectivity index (χ1n) is 6.59. The molecule has 5 N–H and O–H groups in total. The van der Waals surface area contributed by atoms with Gasteiger partial charge in [0, 0.05) is 25.2 Å². The zero-order chi connectivity index (χ0) is 15.4. The van der Waals surface area contributed by atoms with Gasteiger partial charge in [-0.3, -0.25) is 5.09 Å². The maximum absolute atomic E-state index is 9.38. The van der Waals surface area contributed by atoms with E-state index in [-0.39, 0.29) is 24.3 Å². The molecule has 5 atom stereocenters. The average Bonchev–Trinajstić information content (AvgIpc) is 2.37. The molecule has 0 bridgehead atoms. The highest BCUT2D eigenvalue weighted by molar-refractivity contribution is 7.13. The Morgan fingerprint density at radius 1 is 1.00 bits per heavy atom. The van der Waals surface area contributed by atoms with Gasteiger partial charge in [0.25, 0.3) is 0 Å². The van der Waals surface area contributed by atoms with E-state index in [9.17, 15) is 10.2 Å². The van der Waals surface area contributed by atoms with Gasteiger partial charge < -0.3 is 25.7 Å². The third-order valence-electron chi connectivity index (χ3n) is 3.04. The molecule has 0 spiro atoms. The minimum atomic E-state index is -0.313. The van der Waals surface area contributed by atoms with Crippen molar-refractivity contribution in [3.8, 4) is 0 Å². The summed E-state index contributed by atoms with van der Waals surface area (Å²) >= 11 is 0. The molecule has 7 heteroatoms. The van der Waals surface area contributed by atoms with Crippen molar-refractivity contribution in [1.29, 1.82) is 0 Å². The van der Waals surface area contributed by atoms with E-state index in [4.69, 9.17) is 0 Å². The second-order valence-electron chi connectivity index (χ2n) is 4.91. The molecule has 0 aliphatic rings. The molecule has 0 aromatic rings. The van der Waals surface area contributed by atoms with Crippen molar-refractivity contribution in [3.05, 3.63) is 0 Å². The number of hydrogen-bond donors (Lipinski definition) is 5. The average molecular weight is 296 g/mol. The summed E-state index contributed by atoms with van der Waals surface area (Å²) in [7, 11) is 9.96. The van der Waals surface area contributed by atoms with Crippen LogP contribution < -0.4 is 15.7 Å². The fraction of sp³-hybridized carbons (Fsp3) is 1.00. The highest BCUT2D eigenvalue weighted by atomic mass is 31.0. The first-order chi connectivity index (χ1) is 8.81. The van der Waals surface area contributed by atoms with Gasteiger partial charge in [0.2, 0.25) is 0 Å². The molecule has 19 heavy (non-hydrogen) atoms. The highest BCUT2D eigenvalue weighted by Crippen LogP contribution is 1.97. The number of rotatable bonds is 8. The van der Waals surface area contributed by atoms with Crippen LogP contribution in [0, 0.1) is 0 Å². The molecule has 0 fully saturated rings. The lowest BCUT2D eigenvalue weighted by molar-refractivity contribution is 0.0868. The molecule has 0 aromatic carbocycles. The van der Waals surface area contributed by atoms with Gasteiger partial charge in [0.05, 0.1) is 12.2 Å². The largest absolute Gasteiger partial charge is 0.390 e. The van der Waals surface area contributed by atoms with Gasteiger partial charge in [-0.05, 0) is 42.0 Å². The standard InChI is InChI=1S/C7H18N2O.C5H15N2OP/c1-6(9(3)4)7(10)5-8-2;1-4(7-9)5(8)3-6-2/h6-8,10H,5H2,1-4H3;4-8H,3,9H2,1-2H3/t6-,7+;4-,5+/m00/s1. The Labute approximate surface area is 120 Å². The van der Waals surface area contributed by atoms with Crippen LogP contribution in [0.5, 0.6) is 0 Å². The van der Waals surface area contributed by atoms with E-state index >= 15 is 0 Å². The number of likely N-dealkylation sites (N-methyl/N-ethyl adjacent to an activating group) is 3. The second kappa shape index (κ2) is 13.2. The fourth-order valence-electron chi connectivity index (χ4n) is 1.22. The Balaban J connectivity index is 0. The lowest BCUT2D eigenvalue weighted by Crippen LogP contribution is -2.41. The molecule has 118 valence electrons. The lowest BCUT2D eigenvalue weighted by atomic mass is 10.2. The fourth-order valence-corrected chi connectivity index (χ4v) is 1.44. The highest BCUT2D eigenvalue weighted by Gasteiger charge is 2.14. The Hall–Kier alpha value is 0.190. The number of nitrogens with zero attached hydrogens (tertiary/aromatic N) is 1. The minimum Gasteiger partial charge on any atom is -0.390 e. The maximum Gasteiger partial charge on any atom is 0.0817 e. The molecular formula is C12H33N4O2P. The van der Waals surface area contributed by atoms with E-state index in [0.29, 0.717) is 13.1 Å². The van der Waals surface area contributed by atoms with Gasteiger partial charge >= 0.3 is 0 Å². The number of aliphatic hydroxyl groups excluding tert-OH is 2. The molecule has 0 rings (SSSR count). The smallest absolute Gasteiger partial charge is 0.0817 e. The molecule has 0 saturated heterocycles. The SMILES string of the molecule is CNC[C@@H](O)[C@H](C)N(C)C.CNC[C@@H](O)[C@H](C)NP. The van der Waals surface area contributed by atoms with Crippen molar-refractivity contribution in [1.82, 2.24) is 20.6 Å². The summed E-state index contributed by atoms with van der Waals surface area (Å²) in [5.74, 6) is 0. The van der Waals surface area contributed by atoms with Crippen LogP contribution in [0.1, 0.15) is 13.8 Å². The summed E-state index contributed by atoms with van der Waals surface area (Å²) in [4.78, 5) is 2.00. The van der Waals surface area contributed by atoms with Crippen molar-refractivity contribution in [3.63, 3.8) is 0 Å². The summed E-state index contributed by atoms with van der Waals surface area (Å²) in [6.45, 7) is 5.21. The van der Waals surface area contributed by atoms with Gasteiger partial charge in [-0.15, -0.1) is 0 Å². The van der Waals surface area contributed by atoms with Crippen molar-refractivity contribution >= 4 is 9.39 Å². The van der Waals surface area contributed by atoms with E-state index in [0.717, 1.165) is 0 Å². The second-order valence-corrected chi connectivity index (χ2v) is 5.24. The van der Waals surface area contributed by atoms with Crippen LogP contribution in [0.2, 0.25) is 0 Å². The molecule has 1 unspecified atom stereocenters. The van der Waals surface area contributed by atoms with Gasteiger partial charge in [0.15, 0.2) is 0 Å². The van der Waals surface area contributed by atoms with Crippen LogP contribution in [0.4, 0.5) is 0 Å². The van der Waals surface area contributed by atoms with Gasteiger partial charge in [-0.1, -0.05) is 9.39 Å². The molecular weight excluding hydrogens is 263 g/mol. The quantitative estimate of drug-likeness (QED) is 0.364. The Kier molecular flexibility index (Phi) is 14.9. The summed E-state index contributed by atoms with van der Waals surface area (Å²) in [5, 5.41) is 27.2. The molecule has 0 aliphatic carbocycles. The van der Waals surface area contributed by atoms with Crippen LogP contribution in [0.25, 0.3) is 0 Å². The molecule has 6 nitrogen and oxygen atoms in total. The molecule has 0 heterocycles. The molecule has 0 saturated carbocycles. The third-order valence-corrected chi connectivity index (χ3v) is 3.56. The Morgan fingerprint density at radius 3 is 1.74 bits per heavy atom. The number of aliphatic hydroxyl groups is 2. The van der Waals surface area contributed by atoms with Crippen molar-refractivity contribution < 1.29 is 10.2 Å². The zero-order valence-corrected chi connectivity index (χ0v) is 14.3. The van der Waals surface area contributed by atoms with E-state index in [1.807, 2.05) is 46.9 Å². The third kappa shape index (κ3) is 11.7. The van der Waals surface area contributed by atoms with Crippen molar-refractivity contribution in [2.24, 2.45) is 0 Å². The summed E-state index contributed by atoms with van der Waals surface area (Å²) in [5.41, 5.74) is 0. The topological polar surface area (TPSA) is 79.8 Å². The van der Waals surface area contributed by atoms with E-state index in [1.165, 1.54) is 0 Å². The minimum absolute atomic E-state index is 0.127. The first kappa shape index (κ1) is 21.5. The molecule has 0 aromatic heterocycles. The van der Waals surface area contributed by atoms with Gasteiger partial charge in [-0.25, -0.2) is 0 Å². The number of hydrogen-bond acceptors (Lipinski definition) is 6. The lowest BCUT2D eigenvalue weighted by Gasteiger charge is -2.24. The summed E-state index contributed by atoms with van der Waals surface area (Å²) in [6, 6.07) is 0.342. The van der Waals surface area contributed by atoms with Gasteiger partial charge in [-0.2, -0.15) is 0 Å². The zero-order valence-electron chi connectivity index (χ0n) is 13.1. The molecule has 0 aliphatic heterocycles. The Bertz CT molecular complexity index is 199. The molecule has 0 radical (unpaired) electrons. The van der Waals surface area contributed by atoms with Crippen molar-refractivity contribution in [2.45, 2.75) is 38.1 Å². The van der Waals surface area contributed by atoms with Crippen molar-refractivity contribution in [2.75, 3.05) is 41.3 Å². The van der Waals surface area contributed by atoms with Crippen LogP contribution in [0.3, 0.4) is 0 Å². The van der Waals surface area contributed by atoms with E-state index in [2.05, 4.69) is 25.1 Å². The van der Waals surface area contributed by atoms with E-state index in [1.54, 1.807) is 0 Å². The van der Waals surface area contributed by atoms with Crippen LogP contribution >= 0.6 is 9.39 Å². The Morgan fingerprint density at radius 2 is 1.42 bits per heavy atom. The summed E-state index contributed by atoms with van der Waals surface area (Å²) in [6.07, 6.45) is -0.590. The van der Waals surface area contributed by atoms with Crippen LogP contribution in [0.15, 0.2) is 0 Å². The predicted molar refractivity (Wildman–Crippen MR) is 85.3 cm³/mol. The monoisotopic (exact) mass is 296 g/mol. The van der Waals surface area contributed by atoms with Crippen LogP contribution in [-0.4, -0.2) is 80.7 Å². The molecule has 0 amide bonds. The van der Waals surface area contributed by atoms with Gasteiger partial charge in [0.1, 0.15) is 0 Å². The van der Waals surface area contributed by atoms with Crippen LogP contribution in [-0.2, 0) is 0 Å². The first-order valence-corrected chi connectivity index (χ1v) is 7.17. The normalized spacial score (nSPS) is 17.4. The summed E-state index contributed by atoms with van der Waals surface area (Å²) < 4.78 is 0. The van der Waals surface area contributed by atoms with E-state index < -0.39 is 0 Å².